The Labute approximate surface area is 91.5 Å². The van der Waals surface area contributed by atoms with Crippen molar-refractivity contribution < 1.29 is 8.42 Å². The van der Waals surface area contributed by atoms with Crippen LogP contribution >= 0.6 is 11.3 Å². The quantitative estimate of drug-likeness (QED) is 0.697. The van der Waals surface area contributed by atoms with Crippen molar-refractivity contribution >= 4 is 26.1 Å². The first-order valence-electron chi connectivity index (χ1n) is 4.71. The van der Waals surface area contributed by atoms with E-state index in [2.05, 4.69) is 4.98 Å². The summed E-state index contributed by atoms with van der Waals surface area (Å²) in [4.78, 5) is 5.37. The molecule has 1 aliphatic heterocycles. The molecule has 0 amide bonds. The largest absolute Gasteiger partial charge is 0.291 e. The fourth-order valence-electron chi connectivity index (χ4n) is 1.99. The molecular weight excluding hydrogens is 232 g/mol. The van der Waals surface area contributed by atoms with Crippen molar-refractivity contribution in [3.05, 3.63) is 22.5 Å². The second-order valence-corrected chi connectivity index (χ2v) is 6.86. The van der Waals surface area contributed by atoms with Gasteiger partial charge >= 0.3 is 0 Å². The van der Waals surface area contributed by atoms with E-state index in [1.165, 1.54) is 0 Å². The summed E-state index contributed by atoms with van der Waals surface area (Å²) >= 11 is 1.56. The van der Waals surface area contributed by atoms with E-state index in [1.54, 1.807) is 11.3 Å². The van der Waals surface area contributed by atoms with Gasteiger partial charge in [0.15, 0.2) is 14.8 Å². The molecule has 3 heterocycles. The molecule has 0 atom stereocenters. The summed E-state index contributed by atoms with van der Waals surface area (Å²) in [6.07, 6.45) is 0.561. The fourth-order valence-corrected chi connectivity index (χ4v) is 4.25. The summed E-state index contributed by atoms with van der Waals surface area (Å²) in [5.41, 5.74) is 2.90. The van der Waals surface area contributed by atoms with Crippen molar-refractivity contribution in [2.45, 2.75) is 19.1 Å². The first kappa shape index (κ1) is 9.35. The van der Waals surface area contributed by atoms with Gasteiger partial charge in [0.25, 0.3) is 0 Å². The summed E-state index contributed by atoms with van der Waals surface area (Å²) in [6, 6.07) is 0. The Hall–Kier alpha value is -0.880. The smallest absolute Gasteiger partial charge is 0.194 e. The van der Waals surface area contributed by atoms with Gasteiger partial charge in [0.2, 0.25) is 0 Å². The Morgan fingerprint density at radius 1 is 1.53 bits per heavy atom. The molecular formula is C9H10N2O2S2. The third-order valence-electron chi connectivity index (χ3n) is 2.72. The topological polar surface area (TPSA) is 51.4 Å². The van der Waals surface area contributed by atoms with Crippen LogP contribution in [-0.2, 0) is 22.0 Å². The van der Waals surface area contributed by atoms with Gasteiger partial charge in [-0.15, -0.1) is 11.3 Å². The summed E-state index contributed by atoms with van der Waals surface area (Å²) in [5, 5.41) is 2.00. The summed E-state index contributed by atoms with van der Waals surface area (Å²) in [7, 11) is -2.91. The van der Waals surface area contributed by atoms with Crippen LogP contribution in [0.2, 0.25) is 0 Å². The normalized spacial score (nSPS) is 19.3. The molecule has 0 radical (unpaired) electrons. The summed E-state index contributed by atoms with van der Waals surface area (Å²) in [6.45, 7) is 1.98. The van der Waals surface area contributed by atoms with Crippen LogP contribution in [-0.4, -0.2) is 23.6 Å². The molecule has 0 fully saturated rings. The van der Waals surface area contributed by atoms with E-state index >= 15 is 0 Å². The number of hydrogen-bond donors (Lipinski definition) is 0. The van der Waals surface area contributed by atoms with Gasteiger partial charge in [-0.1, -0.05) is 0 Å². The lowest BCUT2D eigenvalue weighted by Crippen LogP contribution is -2.19. The molecule has 80 valence electrons. The molecule has 4 nitrogen and oxygen atoms in total. The maximum Gasteiger partial charge on any atom is 0.194 e. The molecule has 0 aliphatic carbocycles. The Kier molecular flexibility index (Phi) is 1.76. The number of rotatable bonds is 0. The number of nitrogens with zero attached hydrogens (tertiary/aromatic N) is 2. The van der Waals surface area contributed by atoms with Crippen molar-refractivity contribution in [1.29, 1.82) is 0 Å². The van der Waals surface area contributed by atoms with Gasteiger partial charge in [0.1, 0.15) is 0 Å². The van der Waals surface area contributed by atoms with Crippen LogP contribution < -0.4 is 0 Å². The predicted octanol–water partition coefficient (Wildman–Crippen LogP) is 1.18. The van der Waals surface area contributed by atoms with Gasteiger partial charge in [-0.25, -0.2) is 13.4 Å². The lowest BCUT2D eigenvalue weighted by molar-refractivity contribution is 0.590. The first-order chi connectivity index (χ1) is 7.07. The third kappa shape index (κ3) is 1.32. The minimum absolute atomic E-state index is 0.140. The van der Waals surface area contributed by atoms with Crippen molar-refractivity contribution in [3.63, 3.8) is 0 Å². The van der Waals surface area contributed by atoms with E-state index in [-0.39, 0.29) is 11.5 Å². The Bertz CT molecular complexity index is 636. The van der Waals surface area contributed by atoms with Crippen molar-refractivity contribution in [2.75, 3.05) is 5.75 Å². The van der Waals surface area contributed by atoms with Crippen molar-refractivity contribution in [2.24, 2.45) is 0 Å². The van der Waals surface area contributed by atoms with Gasteiger partial charge in [0.05, 0.1) is 22.9 Å². The second kappa shape index (κ2) is 2.82. The molecule has 2 aromatic rings. The van der Waals surface area contributed by atoms with Gasteiger partial charge < -0.3 is 0 Å². The van der Waals surface area contributed by atoms with Crippen molar-refractivity contribution in [1.82, 2.24) is 9.38 Å². The van der Waals surface area contributed by atoms with Crippen molar-refractivity contribution in [3.8, 4) is 0 Å². The minimum Gasteiger partial charge on any atom is -0.291 e. The molecule has 0 N–H and O–H groups in total. The lowest BCUT2D eigenvalue weighted by Gasteiger charge is -2.11. The maximum absolute atomic E-state index is 11.6. The zero-order chi connectivity index (χ0) is 10.6. The number of hydrogen-bond acceptors (Lipinski definition) is 4. The standard InChI is InChI=1S/C9H10N2O2S2/c1-6-4-14-9-10-7-2-3-15(12,13)5-8(7)11(6)9/h4H,2-3,5H2,1H3. The molecule has 6 heteroatoms. The van der Waals surface area contributed by atoms with E-state index in [0.717, 1.165) is 22.0 Å². The minimum atomic E-state index is -2.91. The first-order valence-corrected chi connectivity index (χ1v) is 7.42. The van der Waals surface area contributed by atoms with E-state index < -0.39 is 9.84 Å². The molecule has 0 spiro atoms. The highest BCUT2D eigenvalue weighted by Crippen LogP contribution is 2.26. The lowest BCUT2D eigenvalue weighted by atomic mass is 10.3. The maximum atomic E-state index is 11.6. The van der Waals surface area contributed by atoms with E-state index in [4.69, 9.17) is 0 Å². The van der Waals surface area contributed by atoms with Crippen LogP contribution in [0.3, 0.4) is 0 Å². The number of sulfone groups is 1. The Morgan fingerprint density at radius 2 is 2.33 bits per heavy atom. The summed E-state index contributed by atoms with van der Waals surface area (Å²) < 4.78 is 25.1. The SMILES string of the molecule is Cc1csc2nc3c(n12)CS(=O)(=O)CC3. The number of thiazole rings is 1. The molecule has 0 aromatic carbocycles. The van der Waals surface area contributed by atoms with Crippen LogP contribution in [0.25, 0.3) is 4.96 Å². The van der Waals surface area contributed by atoms with Gasteiger partial charge in [-0.3, -0.25) is 4.40 Å². The molecule has 0 bridgehead atoms. The van der Waals surface area contributed by atoms with E-state index in [9.17, 15) is 8.42 Å². The zero-order valence-electron chi connectivity index (χ0n) is 8.23. The number of aryl methyl sites for hydroxylation is 2. The average molecular weight is 242 g/mol. The highest BCUT2D eigenvalue weighted by molar-refractivity contribution is 7.90. The predicted molar refractivity (Wildman–Crippen MR) is 59.0 cm³/mol. The Balaban J connectivity index is 2.33. The van der Waals surface area contributed by atoms with Crippen LogP contribution in [0.5, 0.6) is 0 Å². The van der Waals surface area contributed by atoms with Gasteiger partial charge in [-0.05, 0) is 6.92 Å². The Morgan fingerprint density at radius 3 is 3.13 bits per heavy atom. The molecule has 3 rings (SSSR count). The number of aromatic nitrogens is 2. The molecule has 0 unspecified atom stereocenters. The average Bonchev–Trinajstić information content (AvgIpc) is 2.66. The monoisotopic (exact) mass is 242 g/mol. The van der Waals surface area contributed by atoms with Crippen LogP contribution in [0.4, 0.5) is 0 Å². The number of fused-ring (bicyclic) bond motifs is 3. The fraction of sp³-hybridized carbons (Fsp3) is 0.444. The van der Waals surface area contributed by atoms with Crippen LogP contribution in [0.1, 0.15) is 17.1 Å². The van der Waals surface area contributed by atoms with E-state index in [1.807, 2.05) is 16.7 Å². The van der Waals surface area contributed by atoms with Gasteiger partial charge in [-0.2, -0.15) is 0 Å². The molecule has 15 heavy (non-hydrogen) atoms. The molecule has 2 aromatic heterocycles. The number of imidazole rings is 1. The highest BCUT2D eigenvalue weighted by Gasteiger charge is 2.26. The van der Waals surface area contributed by atoms with Gasteiger partial charge in [0, 0.05) is 17.5 Å². The second-order valence-electron chi connectivity index (χ2n) is 3.84. The highest BCUT2D eigenvalue weighted by atomic mass is 32.2. The molecule has 1 aliphatic rings. The zero-order valence-corrected chi connectivity index (χ0v) is 9.86. The van der Waals surface area contributed by atoms with E-state index in [0.29, 0.717) is 6.42 Å². The summed E-state index contributed by atoms with van der Waals surface area (Å²) in [5.74, 6) is 0.380. The van der Waals surface area contributed by atoms with Crippen LogP contribution in [0, 0.1) is 6.92 Å². The molecule has 0 saturated heterocycles. The third-order valence-corrected chi connectivity index (χ3v) is 5.20. The van der Waals surface area contributed by atoms with Crippen LogP contribution in [0.15, 0.2) is 5.38 Å². The molecule has 0 saturated carbocycles.